The van der Waals surface area contributed by atoms with Crippen LogP contribution in [0.3, 0.4) is 0 Å². The van der Waals surface area contributed by atoms with E-state index in [0.29, 0.717) is 0 Å². The van der Waals surface area contributed by atoms with Gasteiger partial charge in [-0.05, 0) is 32.1 Å². The Balaban J connectivity index is 1.86. The van der Waals surface area contributed by atoms with Crippen LogP contribution in [0.1, 0.15) is 44.9 Å². The van der Waals surface area contributed by atoms with Crippen LogP contribution in [0.4, 0.5) is 0 Å². The van der Waals surface area contributed by atoms with Crippen LogP contribution in [0.25, 0.3) is 0 Å². The van der Waals surface area contributed by atoms with E-state index in [1.54, 1.807) is 0 Å². The highest BCUT2D eigenvalue weighted by molar-refractivity contribution is 6.05. The maximum absolute atomic E-state index is 12.4. The summed E-state index contributed by atoms with van der Waals surface area (Å²) in [5.41, 5.74) is 0. The number of carbonyl (C=O) groups excluding carboxylic acids is 2. The first-order valence-corrected chi connectivity index (χ1v) is 7.00. The van der Waals surface area contributed by atoms with Crippen LogP contribution in [0.2, 0.25) is 0 Å². The average molecular weight is 246 g/mol. The summed E-state index contributed by atoms with van der Waals surface area (Å²) in [6.07, 6.45) is 6.42. The largest absolute Gasteiger partial charge is 0.278 e. The summed E-state index contributed by atoms with van der Waals surface area (Å²) in [6, 6.07) is 2.13. The van der Waals surface area contributed by atoms with Crippen molar-refractivity contribution in [1.29, 1.82) is 5.26 Å². The summed E-state index contributed by atoms with van der Waals surface area (Å²) < 4.78 is 0. The summed E-state index contributed by atoms with van der Waals surface area (Å²) in [5.74, 6) is -0.274. The predicted molar refractivity (Wildman–Crippen MR) is 64.0 cm³/mol. The first-order chi connectivity index (χ1) is 8.74. The van der Waals surface area contributed by atoms with Gasteiger partial charge >= 0.3 is 0 Å². The molecule has 0 radical (unpaired) electrons. The van der Waals surface area contributed by atoms with Crippen LogP contribution in [-0.4, -0.2) is 22.8 Å². The number of nitriles is 1. The quantitative estimate of drug-likeness (QED) is 0.663. The Labute approximate surface area is 107 Å². The molecule has 0 aromatic rings. The minimum atomic E-state index is -0.141. The van der Waals surface area contributed by atoms with Gasteiger partial charge in [-0.2, -0.15) is 5.26 Å². The normalized spacial score (nSPS) is 39.8. The lowest BCUT2D eigenvalue weighted by Crippen LogP contribution is -2.42. The molecule has 96 valence electrons. The molecular formula is C14H18N2O2. The minimum Gasteiger partial charge on any atom is -0.278 e. The summed E-state index contributed by atoms with van der Waals surface area (Å²) in [6.45, 7) is 0. The molecule has 4 heteroatoms. The van der Waals surface area contributed by atoms with Crippen molar-refractivity contribution in [3.05, 3.63) is 0 Å². The van der Waals surface area contributed by atoms with Gasteiger partial charge in [0.05, 0.1) is 29.9 Å². The molecule has 3 rings (SSSR count). The second kappa shape index (κ2) is 4.38. The molecule has 18 heavy (non-hydrogen) atoms. The molecule has 2 aliphatic carbocycles. The van der Waals surface area contributed by atoms with Crippen LogP contribution in [0.5, 0.6) is 0 Å². The minimum absolute atomic E-state index is 0.0110. The van der Waals surface area contributed by atoms with Gasteiger partial charge in [-0.15, -0.1) is 0 Å². The van der Waals surface area contributed by atoms with Gasteiger partial charge in [0.1, 0.15) is 0 Å². The maximum atomic E-state index is 12.4. The maximum Gasteiger partial charge on any atom is 0.233 e. The third kappa shape index (κ3) is 1.57. The Morgan fingerprint density at radius 1 is 0.944 bits per heavy atom. The van der Waals surface area contributed by atoms with E-state index in [-0.39, 0.29) is 35.6 Å². The highest BCUT2D eigenvalue weighted by Gasteiger charge is 2.52. The number of likely N-dealkylation sites (tertiary alicyclic amines) is 1. The molecule has 4 atom stereocenters. The molecule has 0 aromatic carbocycles. The van der Waals surface area contributed by atoms with E-state index in [2.05, 4.69) is 6.07 Å². The van der Waals surface area contributed by atoms with Crippen LogP contribution in [0, 0.1) is 29.1 Å². The molecule has 4 unspecified atom stereocenters. The van der Waals surface area contributed by atoms with Crippen molar-refractivity contribution in [3.8, 4) is 6.07 Å². The summed E-state index contributed by atoms with van der Waals surface area (Å²) >= 11 is 0. The third-order valence-electron chi connectivity index (χ3n) is 4.85. The van der Waals surface area contributed by atoms with Crippen molar-refractivity contribution >= 4 is 11.8 Å². The number of rotatable bonds is 1. The Morgan fingerprint density at radius 3 is 2.11 bits per heavy atom. The Hall–Kier alpha value is -1.37. The van der Waals surface area contributed by atoms with E-state index in [9.17, 15) is 9.59 Å². The molecule has 0 aromatic heterocycles. The topological polar surface area (TPSA) is 61.2 Å². The van der Waals surface area contributed by atoms with Crippen molar-refractivity contribution in [2.75, 3.05) is 0 Å². The van der Waals surface area contributed by atoms with Gasteiger partial charge in [0, 0.05) is 0 Å². The standard InChI is InChI=1S/C14H18N2O2/c15-8-9-4-3-7-12(9)16-13(17)10-5-1-2-6-11(10)14(16)18/h9-12H,1-7H2. The van der Waals surface area contributed by atoms with Crippen LogP contribution < -0.4 is 0 Å². The lowest BCUT2D eigenvalue weighted by molar-refractivity contribution is -0.143. The van der Waals surface area contributed by atoms with E-state index in [0.717, 1.165) is 44.9 Å². The Morgan fingerprint density at radius 2 is 1.56 bits per heavy atom. The number of fused-ring (bicyclic) bond motifs is 1. The third-order valence-corrected chi connectivity index (χ3v) is 4.85. The van der Waals surface area contributed by atoms with Crippen molar-refractivity contribution in [3.63, 3.8) is 0 Å². The summed E-state index contributed by atoms with van der Waals surface area (Å²) in [5, 5.41) is 9.13. The number of hydrogen-bond acceptors (Lipinski definition) is 3. The van der Waals surface area contributed by atoms with E-state index < -0.39 is 0 Å². The molecule has 3 aliphatic rings. The molecule has 3 fully saturated rings. The zero-order valence-corrected chi connectivity index (χ0v) is 10.5. The van der Waals surface area contributed by atoms with Gasteiger partial charge in [-0.1, -0.05) is 12.8 Å². The summed E-state index contributed by atoms with van der Waals surface area (Å²) in [7, 11) is 0. The monoisotopic (exact) mass is 246 g/mol. The number of carbonyl (C=O) groups is 2. The lowest BCUT2D eigenvalue weighted by atomic mass is 9.81. The van der Waals surface area contributed by atoms with Gasteiger partial charge in [-0.25, -0.2) is 0 Å². The number of amides is 2. The predicted octanol–water partition coefficient (Wildman–Crippen LogP) is 1.85. The highest BCUT2D eigenvalue weighted by Crippen LogP contribution is 2.42. The first kappa shape index (κ1) is 11.7. The molecule has 0 spiro atoms. The van der Waals surface area contributed by atoms with Crippen LogP contribution in [-0.2, 0) is 9.59 Å². The molecule has 1 saturated heterocycles. The zero-order chi connectivity index (χ0) is 12.7. The Kier molecular flexibility index (Phi) is 2.85. The van der Waals surface area contributed by atoms with Crippen molar-refractivity contribution in [2.45, 2.75) is 51.0 Å². The van der Waals surface area contributed by atoms with Crippen LogP contribution in [0.15, 0.2) is 0 Å². The van der Waals surface area contributed by atoms with E-state index in [4.69, 9.17) is 5.26 Å². The van der Waals surface area contributed by atoms with E-state index >= 15 is 0 Å². The van der Waals surface area contributed by atoms with E-state index in [1.807, 2.05) is 0 Å². The van der Waals surface area contributed by atoms with Gasteiger partial charge in [-0.3, -0.25) is 14.5 Å². The SMILES string of the molecule is N#CC1CCCC1N1C(=O)C2CCCCC2C1=O. The molecule has 2 saturated carbocycles. The molecular weight excluding hydrogens is 228 g/mol. The number of nitrogens with zero attached hydrogens (tertiary/aromatic N) is 2. The number of imide groups is 1. The van der Waals surface area contributed by atoms with Crippen molar-refractivity contribution in [2.24, 2.45) is 17.8 Å². The van der Waals surface area contributed by atoms with Crippen molar-refractivity contribution in [1.82, 2.24) is 4.90 Å². The fraction of sp³-hybridized carbons (Fsp3) is 0.786. The van der Waals surface area contributed by atoms with Gasteiger partial charge in [0.25, 0.3) is 0 Å². The van der Waals surface area contributed by atoms with Gasteiger partial charge in [0.15, 0.2) is 0 Å². The molecule has 0 bridgehead atoms. The van der Waals surface area contributed by atoms with Crippen LogP contribution >= 0.6 is 0 Å². The average Bonchev–Trinajstić information content (AvgIpc) is 2.95. The second-order valence-electron chi connectivity index (χ2n) is 5.78. The lowest BCUT2D eigenvalue weighted by Gasteiger charge is -2.24. The highest BCUT2D eigenvalue weighted by atomic mass is 16.2. The second-order valence-corrected chi connectivity index (χ2v) is 5.78. The molecule has 1 aliphatic heterocycles. The van der Waals surface area contributed by atoms with E-state index in [1.165, 1.54) is 4.90 Å². The van der Waals surface area contributed by atoms with Gasteiger partial charge < -0.3 is 0 Å². The zero-order valence-electron chi connectivity index (χ0n) is 10.5. The number of hydrogen-bond donors (Lipinski definition) is 0. The molecule has 2 amide bonds. The fourth-order valence-electron chi connectivity index (χ4n) is 3.91. The molecule has 0 N–H and O–H groups in total. The smallest absolute Gasteiger partial charge is 0.233 e. The van der Waals surface area contributed by atoms with Gasteiger partial charge in [0.2, 0.25) is 11.8 Å². The summed E-state index contributed by atoms with van der Waals surface area (Å²) in [4.78, 5) is 26.3. The fourth-order valence-corrected chi connectivity index (χ4v) is 3.91. The Bertz CT molecular complexity index is 402. The van der Waals surface area contributed by atoms with Crippen molar-refractivity contribution < 1.29 is 9.59 Å². The molecule has 1 heterocycles. The molecule has 4 nitrogen and oxygen atoms in total. The first-order valence-electron chi connectivity index (χ1n) is 7.00.